The minimum absolute atomic E-state index is 0.0560. The quantitative estimate of drug-likeness (QED) is 0.715. The Morgan fingerprint density at radius 1 is 1.50 bits per heavy atom. The second kappa shape index (κ2) is 4.81. The van der Waals surface area contributed by atoms with E-state index in [0.29, 0.717) is 0 Å². The first-order chi connectivity index (χ1) is 6.72. The van der Waals surface area contributed by atoms with E-state index in [1.165, 1.54) is 0 Å². The third-order valence-corrected chi connectivity index (χ3v) is 2.21. The van der Waals surface area contributed by atoms with Gasteiger partial charge >= 0.3 is 0 Å². The van der Waals surface area contributed by atoms with Crippen LogP contribution in [0.3, 0.4) is 0 Å². The maximum absolute atomic E-state index is 11.4. The Morgan fingerprint density at radius 3 is 2.71 bits per heavy atom. The molecule has 0 aromatic carbocycles. The van der Waals surface area contributed by atoms with Crippen LogP contribution in [-0.2, 0) is 14.3 Å². The average molecular weight is 197 g/mol. The van der Waals surface area contributed by atoms with Crippen molar-refractivity contribution in [1.82, 2.24) is 5.32 Å². The number of rotatable bonds is 3. The van der Waals surface area contributed by atoms with Gasteiger partial charge in [-0.3, -0.25) is 4.79 Å². The lowest BCUT2D eigenvalue weighted by atomic mass is 9.96. The van der Waals surface area contributed by atoms with Crippen LogP contribution in [-0.4, -0.2) is 33.3 Å². The topological polar surface area (TPSA) is 47.6 Å². The van der Waals surface area contributed by atoms with Crippen molar-refractivity contribution in [1.29, 1.82) is 0 Å². The molecule has 0 bridgehead atoms. The summed E-state index contributed by atoms with van der Waals surface area (Å²) in [6.45, 7) is 0. The molecule has 0 aromatic rings. The third-order valence-electron chi connectivity index (χ3n) is 2.21. The minimum atomic E-state index is -0.274. The zero-order valence-corrected chi connectivity index (χ0v) is 8.61. The maximum atomic E-state index is 11.4. The van der Waals surface area contributed by atoms with Gasteiger partial charge in [0.15, 0.2) is 0 Å². The lowest BCUT2D eigenvalue weighted by Gasteiger charge is -2.22. The molecule has 0 saturated heterocycles. The summed E-state index contributed by atoms with van der Waals surface area (Å²) in [4.78, 5) is 11.4. The van der Waals surface area contributed by atoms with E-state index in [4.69, 9.17) is 9.47 Å². The zero-order valence-electron chi connectivity index (χ0n) is 8.61. The molecule has 1 rings (SSSR count). The summed E-state index contributed by atoms with van der Waals surface area (Å²) in [6, 6.07) is 0. The van der Waals surface area contributed by atoms with Crippen molar-refractivity contribution in [3.8, 4) is 0 Å². The normalized spacial score (nSPS) is 25.5. The van der Waals surface area contributed by atoms with E-state index in [0.717, 1.165) is 5.76 Å². The summed E-state index contributed by atoms with van der Waals surface area (Å²) in [5.41, 5.74) is 0. The minimum Gasteiger partial charge on any atom is -0.497 e. The number of hydrogen-bond acceptors (Lipinski definition) is 3. The fraction of sp³-hybridized carbons (Fsp3) is 0.500. The summed E-state index contributed by atoms with van der Waals surface area (Å²) in [7, 11) is 4.77. The maximum Gasteiger partial charge on any atom is 0.229 e. The second-order valence-electron chi connectivity index (χ2n) is 2.97. The number of ether oxygens (including phenoxy) is 2. The molecule has 4 nitrogen and oxygen atoms in total. The first kappa shape index (κ1) is 10.8. The fourth-order valence-corrected chi connectivity index (χ4v) is 1.38. The van der Waals surface area contributed by atoms with Gasteiger partial charge in [0, 0.05) is 14.2 Å². The van der Waals surface area contributed by atoms with E-state index >= 15 is 0 Å². The van der Waals surface area contributed by atoms with E-state index in [9.17, 15) is 4.79 Å². The van der Waals surface area contributed by atoms with Crippen LogP contribution in [0.5, 0.6) is 0 Å². The molecule has 1 amide bonds. The molecule has 0 aliphatic heterocycles. The summed E-state index contributed by atoms with van der Waals surface area (Å²) >= 11 is 0. The van der Waals surface area contributed by atoms with Gasteiger partial charge in [0.2, 0.25) is 5.91 Å². The number of amides is 1. The van der Waals surface area contributed by atoms with E-state index < -0.39 is 0 Å². The predicted molar refractivity (Wildman–Crippen MR) is 52.6 cm³/mol. The molecular formula is C10H15NO3. The molecule has 0 heterocycles. The Balaban J connectivity index is 2.78. The van der Waals surface area contributed by atoms with E-state index in [2.05, 4.69) is 5.32 Å². The van der Waals surface area contributed by atoms with Crippen LogP contribution in [0.1, 0.15) is 0 Å². The summed E-state index contributed by atoms with van der Waals surface area (Å²) in [5, 5.41) is 2.59. The van der Waals surface area contributed by atoms with Crippen LogP contribution in [0.25, 0.3) is 0 Å². The first-order valence-corrected chi connectivity index (χ1v) is 4.41. The van der Waals surface area contributed by atoms with E-state index in [-0.39, 0.29) is 17.9 Å². The molecule has 14 heavy (non-hydrogen) atoms. The van der Waals surface area contributed by atoms with Gasteiger partial charge in [0.25, 0.3) is 0 Å². The molecule has 0 aromatic heterocycles. The monoisotopic (exact) mass is 197 g/mol. The van der Waals surface area contributed by atoms with Crippen molar-refractivity contribution in [2.24, 2.45) is 5.92 Å². The Morgan fingerprint density at radius 2 is 2.21 bits per heavy atom. The molecule has 2 unspecified atom stereocenters. The van der Waals surface area contributed by atoms with Crippen molar-refractivity contribution >= 4 is 5.91 Å². The van der Waals surface area contributed by atoms with Crippen LogP contribution in [0.2, 0.25) is 0 Å². The van der Waals surface area contributed by atoms with Crippen LogP contribution in [0, 0.1) is 5.92 Å². The van der Waals surface area contributed by atoms with Crippen molar-refractivity contribution in [3.05, 3.63) is 24.0 Å². The molecular weight excluding hydrogens is 182 g/mol. The number of carbonyl (C=O) groups excluding carboxylic acids is 1. The second-order valence-corrected chi connectivity index (χ2v) is 2.97. The molecule has 4 heteroatoms. The molecule has 2 atom stereocenters. The van der Waals surface area contributed by atoms with Crippen LogP contribution in [0.15, 0.2) is 24.0 Å². The van der Waals surface area contributed by atoms with Crippen LogP contribution in [0.4, 0.5) is 0 Å². The summed E-state index contributed by atoms with van der Waals surface area (Å²) in [5.74, 6) is 0.389. The van der Waals surface area contributed by atoms with Gasteiger partial charge in [-0.15, -0.1) is 0 Å². The molecule has 0 spiro atoms. The van der Waals surface area contributed by atoms with Gasteiger partial charge in [0.1, 0.15) is 5.76 Å². The van der Waals surface area contributed by atoms with Crippen LogP contribution < -0.4 is 5.32 Å². The molecule has 1 aliphatic rings. The summed E-state index contributed by atoms with van der Waals surface area (Å²) in [6.07, 6.45) is 5.09. The highest BCUT2D eigenvalue weighted by Gasteiger charge is 2.26. The largest absolute Gasteiger partial charge is 0.497 e. The molecule has 78 valence electrons. The molecule has 1 N–H and O–H groups in total. The smallest absolute Gasteiger partial charge is 0.229 e. The van der Waals surface area contributed by atoms with Crippen molar-refractivity contribution in [2.75, 3.05) is 21.3 Å². The Kier molecular flexibility index (Phi) is 3.71. The fourth-order valence-electron chi connectivity index (χ4n) is 1.38. The first-order valence-electron chi connectivity index (χ1n) is 4.41. The van der Waals surface area contributed by atoms with E-state index in [1.807, 2.05) is 0 Å². The zero-order chi connectivity index (χ0) is 10.6. The van der Waals surface area contributed by atoms with Gasteiger partial charge in [-0.25, -0.2) is 0 Å². The van der Waals surface area contributed by atoms with Crippen molar-refractivity contribution in [2.45, 2.75) is 6.10 Å². The number of hydrogen-bond donors (Lipinski definition) is 1. The highest BCUT2D eigenvalue weighted by molar-refractivity contribution is 5.81. The summed E-state index contributed by atoms with van der Waals surface area (Å²) < 4.78 is 10.2. The molecule has 0 saturated carbocycles. The lowest BCUT2D eigenvalue weighted by molar-refractivity contribution is -0.125. The van der Waals surface area contributed by atoms with Gasteiger partial charge in [0.05, 0.1) is 19.1 Å². The highest BCUT2D eigenvalue weighted by atomic mass is 16.5. The molecule has 0 radical (unpaired) electrons. The van der Waals surface area contributed by atoms with Gasteiger partial charge in [-0.05, 0) is 12.2 Å². The predicted octanol–water partition coefficient (Wildman–Crippen LogP) is 0.464. The number of nitrogens with one attached hydrogen (secondary N) is 1. The Labute approximate surface area is 83.6 Å². The van der Waals surface area contributed by atoms with Gasteiger partial charge in [-0.2, -0.15) is 0 Å². The molecule has 0 fully saturated rings. The SMILES string of the molecule is CNC(=O)C1C=CC(OC)=CC1OC. The number of carbonyl (C=O) groups is 1. The van der Waals surface area contributed by atoms with Gasteiger partial charge in [-0.1, -0.05) is 6.08 Å². The van der Waals surface area contributed by atoms with E-state index in [1.54, 1.807) is 39.5 Å². The van der Waals surface area contributed by atoms with Crippen LogP contribution >= 0.6 is 0 Å². The Hall–Kier alpha value is -1.29. The standard InChI is InChI=1S/C10H15NO3/c1-11-10(12)8-5-4-7(13-2)6-9(8)14-3/h4-6,8-9H,1-3H3,(H,11,12). The van der Waals surface area contributed by atoms with Crippen molar-refractivity contribution < 1.29 is 14.3 Å². The third kappa shape index (κ3) is 2.14. The Bertz CT molecular complexity index is 271. The number of allylic oxidation sites excluding steroid dienone is 1. The average Bonchev–Trinajstić information content (AvgIpc) is 2.27. The lowest BCUT2D eigenvalue weighted by Crippen LogP contribution is -2.36. The number of methoxy groups -OCH3 is 2. The van der Waals surface area contributed by atoms with Gasteiger partial charge < -0.3 is 14.8 Å². The molecule has 1 aliphatic carbocycles. The van der Waals surface area contributed by atoms with Crippen molar-refractivity contribution in [3.63, 3.8) is 0 Å². The highest BCUT2D eigenvalue weighted by Crippen LogP contribution is 2.19.